The van der Waals surface area contributed by atoms with Gasteiger partial charge in [-0.1, -0.05) is 11.3 Å². The fraction of sp³-hybridized carbons (Fsp3) is 0.150. The molecule has 0 atom stereocenters. The van der Waals surface area contributed by atoms with Gasteiger partial charge in [-0.25, -0.2) is 9.37 Å². The number of carbonyl (C=O) groups excluding carboxylic acids is 1. The summed E-state index contributed by atoms with van der Waals surface area (Å²) >= 11 is 1.47. The summed E-state index contributed by atoms with van der Waals surface area (Å²) in [6.07, 6.45) is 3.50. The molecule has 3 heterocycles. The van der Waals surface area contributed by atoms with Crippen molar-refractivity contribution in [3.05, 3.63) is 81.1 Å². The first-order chi connectivity index (χ1) is 13.4. The minimum atomic E-state index is -0.404. The Kier molecular flexibility index (Phi) is 4.56. The molecule has 142 valence electrons. The lowest BCUT2D eigenvalue weighted by atomic mass is 10.2. The lowest BCUT2D eigenvalue weighted by Gasteiger charge is -2.05. The van der Waals surface area contributed by atoms with Crippen LogP contribution in [0.4, 0.5) is 4.39 Å². The summed E-state index contributed by atoms with van der Waals surface area (Å²) in [7, 11) is 1.61. The average molecular weight is 396 g/mol. The third kappa shape index (κ3) is 3.22. The van der Waals surface area contributed by atoms with E-state index in [1.807, 2.05) is 17.5 Å². The van der Waals surface area contributed by atoms with Gasteiger partial charge in [0, 0.05) is 35.6 Å². The Balaban J connectivity index is 1.55. The fourth-order valence-corrected chi connectivity index (χ4v) is 3.99. The van der Waals surface area contributed by atoms with E-state index in [1.54, 1.807) is 31.4 Å². The van der Waals surface area contributed by atoms with Crippen LogP contribution in [0.2, 0.25) is 0 Å². The molecule has 3 aromatic heterocycles. The van der Waals surface area contributed by atoms with Crippen LogP contribution in [0.15, 0.2) is 53.6 Å². The van der Waals surface area contributed by atoms with Gasteiger partial charge in [0.25, 0.3) is 11.5 Å². The van der Waals surface area contributed by atoms with Crippen LogP contribution in [0.25, 0.3) is 16.2 Å². The summed E-state index contributed by atoms with van der Waals surface area (Å²) in [5.41, 5.74) is 2.34. The second kappa shape index (κ2) is 7.05. The van der Waals surface area contributed by atoms with Crippen molar-refractivity contribution in [3.63, 3.8) is 0 Å². The normalized spacial score (nSPS) is 11.1. The number of fused-ring (bicyclic) bond motifs is 1. The lowest BCUT2D eigenvalue weighted by Crippen LogP contribution is -2.31. The van der Waals surface area contributed by atoms with Crippen LogP contribution >= 0.6 is 11.3 Å². The monoisotopic (exact) mass is 396 g/mol. The number of nitrogens with zero attached hydrogens (tertiary/aromatic N) is 3. The van der Waals surface area contributed by atoms with Crippen LogP contribution < -0.4 is 10.9 Å². The number of halogens is 1. The molecule has 0 saturated heterocycles. The summed E-state index contributed by atoms with van der Waals surface area (Å²) in [6.45, 7) is 2.26. The molecule has 0 fully saturated rings. The Bertz CT molecular complexity index is 1240. The van der Waals surface area contributed by atoms with Crippen molar-refractivity contribution >= 4 is 22.2 Å². The minimum Gasteiger partial charge on any atom is -0.347 e. The van der Waals surface area contributed by atoms with Crippen molar-refractivity contribution in [3.8, 4) is 11.3 Å². The number of imidazole rings is 1. The summed E-state index contributed by atoms with van der Waals surface area (Å²) in [5, 5.41) is 2.80. The zero-order chi connectivity index (χ0) is 19.8. The Morgan fingerprint density at radius 3 is 2.71 bits per heavy atom. The summed E-state index contributed by atoms with van der Waals surface area (Å²) < 4.78 is 16.4. The van der Waals surface area contributed by atoms with Gasteiger partial charge >= 0.3 is 0 Å². The van der Waals surface area contributed by atoms with Gasteiger partial charge in [-0.05, 0) is 43.3 Å². The van der Waals surface area contributed by atoms with E-state index in [-0.39, 0.29) is 16.9 Å². The topological polar surface area (TPSA) is 68.4 Å². The van der Waals surface area contributed by atoms with E-state index >= 15 is 0 Å². The molecule has 0 bridgehead atoms. The van der Waals surface area contributed by atoms with Gasteiger partial charge in [0.05, 0.1) is 12.2 Å². The third-order valence-electron chi connectivity index (χ3n) is 4.57. The number of pyridine rings is 1. The maximum Gasteiger partial charge on any atom is 0.263 e. The second-order valence-electron chi connectivity index (χ2n) is 6.42. The molecule has 0 unspecified atom stereocenters. The molecule has 6 nitrogen and oxygen atoms in total. The Morgan fingerprint density at radius 2 is 2.00 bits per heavy atom. The molecule has 1 aromatic carbocycles. The van der Waals surface area contributed by atoms with Crippen molar-refractivity contribution < 1.29 is 9.18 Å². The van der Waals surface area contributed by atoms with E-state index in [0.29, 0.717) is 6.54 Å². The summed E-state index contributed by atoms with van der Waals surface area (Å²) in [5.74, 6) is -0.689. The Morgan fingerprint density at radius 1 is 1.25 bits per heavy atom. The molecular weight excluding hydrogens is 379 g/mol. The smallest absolute Gasteiger partial charge is 0.263 e. The Hall–Kier alpha value is -3.26. The van der Waals surface area contributed by atoms with Crippen LogP contribution in [0.5, 0.6) is 0 Å². The van der Waals surface area contributed by atoms with Crippen LogP contribution in [0.1, 0.15) is 20.9 Å². The van der Waals surface area contributed by atoms with Crippen LogP contribution in [0.3, 0.4) is 0 Å². The highest BCUT2D eigenvalue weighted by Gasteiger charge is 2.15. The van der Waals surface area contributed by atoms with Crippen molar-refractivity contribution in [2.75, 3.05) is 0 Å². The molecule has 0 radical (unpaired) electrons. The number of rotatable bonds is 4. The lowest BCUT2D eigenvalue weighted by molar-refractivity contribution is 0.0949. The zero-order valence-corrected chi connectivity index (χ0v) is 16.1. The zero-order valence-electron chi connectivity index (χ0n) is 15.3. The molecule has 0 aliphatic carbocycles. The Labute approximate surface area is 163 Å². The van der Waals surface area contributed by atoms with Crippen molar-refractivity contribution in [1.29, 1.82) is 0 Å². The number of aromatic nitrogens is 3. The quantitative estimate of drug-likeness (QED) is 0.576. The molecule has 8 heteroatoms. The minimum absolute atomic E-state index is 0.114. The average Bonchev–Trinajstić information content (AvgIpc) is 3.22. The first kappa shape index (κ1) is 18.1. The predicted octanol–water partition coefficient (Wildman–Crippen LogP) is 3.14. The van der Waals surface area contributed by atoms with E-state index in [9.17, 15) is 14.0 Å². The molecule has 1 N–H and O–H groups in total. The maximum absolute atomic E-state index is 13.1. The number of nitrogens with one attached hydrogen (secondary N) is 1. The summed E-state index contributed by atoms with van der Waals surface area (Å²) in [4.78, 5) is 30.7. The SMILES string of the molecule is Cc1c(CNC(=O)c2cccn(C)c2=O)sc2nc(-c3ccc(F)cc3)cn12. The highest BCUT2D eigenvalue weighted by molar-refractivity contribution is 7.17. The number of hydrogen-bond donors (Lipinski definition) is 1. The van der Waals surface area contributed by atoms with E-state index < -0.39 is 5.91 Å². The molecule has 0 spiro atoms. The van der Waals surface area contributed by atoms with Gasteiger partial charge in [0.2, 0.25) is 0 Å². The van der Waals surface area contributed by atoms with Gasteiger partial charge in [-0.2, -0.15) is 0 Å². The number of benzene rings is 1. The van der Waals surface area contributed by atoms with Crippen LogP contribution in [0, 0.1) is 12.7 Å². The molecule has 4 aromatic rings. The fourth-order valence-electron chi connectivity index (χ4n) is 2.94. The van der Waals surface area contributed by atoms with Crippen LogP contribution in [-0.2, 0) is 13.6 Å². The van der Waals surface area contributed by atoms with E-state index in [0.717, 1.165) is 26.8 Å². The molecule has 0 aliphatic rings. The van der Waals surface area contributed by atoms with Gasteiger partial charge < -0.3 is 9.88 Å². The van der Waals surface area contributed by atoms with Gasteiger partial charge in [-0.3, -0.25) is 14.0 Å². The molecule has 1 amide bonds. The van der Waals surface area contributed by atoms with E-state index in [2.05, 4.69) is 10.3 Å². The first-order valence-electron chi connectivity index (χ1n) is 8.61. The van der Waals surface area contributed by atoms with Gasteiger partial charge in [0.15, 0.2) is 4.96 Å². The molecule has 28 heavy (non-hydrogen) atoms. The number of carbonyl (C=O) groups is 1. The van der Waals surface area contributed by atoms with E-state index in [4.69, 9.17) is 0 Å². The third-order valence-corrected chi connectivity index (χ3v) is 5.73. The highest BCUT2D eigenvalue weighted by Crippen LogP contribution is 2.27. The number of amides is 1. The second-order valence-corrected chi connectivity index (χ2v) is 7.48. The van der Waals surface area contributed by atoms with Gasteiger partial charge in [-0.15, -0.1) is 0 Å². The van der Waals surface area contributed by atoms with Gasteiger partial charge in [0.1, 0.15) is 11.4 Å². The maximum atomic E-state index is 13.1. The van der Waals surface area contributed by atoms with E-state index in [1.165, 1.54) is 34.1 Å². The summed E-state index contributed by atoms with van der Waals surface area (Å²) in [6, 6.07) is 9.38. The molecule has 0 aliphatic heterocycles. The highest BCUT2D eigenvalue weighted by atomic mass is 32.1. The van der Waals surface area contributed by atoms with Crippen molar-refractivity contribution in [2.45, 2.75) is 13.5 Å². The predicted molar refractivity (Wildman–Crippen MR) is 106 cm³/mol. The molecule has 0 saturated carbocycles. The van der Waals surface area contributed by atoms with Crippen molar-refractivity contribution in [2.24, 2.45) is 7.05 Å². The first-order valence-corrected chi connectivity index (χ1v) is 9.43. The van der Waals surface area contributed by atoms with Crippen LogP contribution in [-0.4, -0.2) is 19.9 Å². The number of aryl methyl sites for hydroxylation is 2. The number of thiazole rings is 1. The number of hydrogen-bond acceptors (Lipinski definition) is 4. The molecule has 4 rings (SSSR count). The van der Waals surface area contributed by atoms with Crippen molar-refractivity contribution in [1.82, 2.24) is 19.3 Å². The molecular formula is C20H17FN4O2S. The standard InChI is InChI=1S/C20H17FN4O2S/c1-12-17(10-22-18(26)15-4-3-9-24(2)19(15)27)28-20-23-16(11-25(12)20)13-5-7-14(21)8-6-13/h3-9,11H,10H2,1-2H3,(H,22,26). The largest absolute Gasteiger partial charge is 0.347 e.